The van der Waals surface area contributed by atoms with Gasteiger partial charge in [-0.3, -0.25) is 9.59 Å². The van der Waals surface area contributed by atoms with Gasteiger partial charge in [0.25, 0.3) is 0 Å². The predicted octanol–water partition coefficient (Wildman–Crippen LogP) is -0.520. The molecule has 10 N–H and O–H groups in total. The lowest BCUT2D eigenvalue weighted by molar-refractivity contribution is -0.311. The SMILES string of the molecule is CO[C@H](C(=O)[C@@H](O)[C@@H](C)O)[C@@H]1Cc2cc3cc(O[C@H]4C[C@@H](O[C@H]5C[C@@H](O)[C@H](O)[C@@H](C)O5)[C@H](O)[C@@H](C)O4)c(C)c(O)c3c(O)c2C(=O)[C@H]1O[C@H]1C[C@@H](O[C@H]2C[C@H](O)[C@@H](O)[C@@H](C)O2)[C@H](O)[C@@H](C)O1. The van der Waals surface area contributed by atoms with E-state index in [1.165, 1.54) is 33.1 Å². The number of methoxy groups -OCH3 is 1. The first kappa shape index (κ1) is 50.7. The van der Waals surface area contributed by atoms with Gasteiger partial charge in [0.2, 0.25) is 6.29 Å². The third-order valence-electron chi connectivity index (χ3n) is 13.5. The minimum atomic E-state index is -1.92. The smallest absolute Gasteiger partial charge is 0.202 e. The summed E-state index contributed by atoms with van der Waals surface area (Å²) in [7, 11) is 1.19. The second-order valence-electron chi connectivity index (χ2n) is 18.3. The van der Waals surface area contributed by atoms with Crippen LogP contribution in [0.2, 0.25) is 0 Å². The van der Waals surface area contributed by atoms with Gasteiger partial charge in [-0.05, 0) is 71.0 Å². The minimum Gasteiger partial charge on any atom is -0.507 e. The summed E-state index contributed by atoms with van der Waals surface area (Å²) in [5, 5.41) is 108. The van der Waals surface area contributed by atoms with Gasteiger partial charge in [-0.15, -0.1) is 0 Å². The van der Waals surface area contributed by atoms with Gasteiger partial charge in [0.15, 0.2) is 30.4 Å². The molecule has 4 aliphatic heterocycles. The first-order valence-corrected chi connectivity index (χ1v) is 22.4. The fraction of sp³-hybridized carbons (Fsp3) is 0.733. The number of aromatic hydroxyl groups is 2. The normalized spacial score (nSPS) is 40.1. The second-order valence-corrected chi connectivity index (χ2v) is 18.3. The summed E-state index contributed by atoms with van der Waals surface area (Å²) in [5.41, 5.74) is 0.116. The average Bonchev–Trinajstić information content (AvgIpc) is 3.25. The van der Waals surface area contributed by atoms with Gasteiger partial charge in [-0.1, -0.05) is 0 Å². The number of Topliss-reactive ketones (excluding diaryl/α,β-unsaturated/α-hetero) is 2. The monoisotopic (exact) mass is 940 g/mol. The Morgan fingerprint density at radius 2 is 1.18 bits per heavy atom. The van der Waals surface area contributed by atoms with E-state index in [0.29, 0.717) is 0 Å². The lowest BCUT2D eigenvalue weighted by atomic mass is 9.75. The average molecular weight is 941 g/mol. The maximum absolute atomic E-state index is 14.8. The third kappa shape index (κ3) is 10.1. The zero-order valence-electron chi connectivity index (χ0n) is 37.8. The van der Waals surface area contributed by atoms with Crippen LogP contribution in [-0.2, 0) is 49.1 Å². The summed E-state index contributed by atoms with van der Waals surface area (Å²) < 4.78 is 53.7. The lowest BCUT2D eigenvalue weighted by Crippen LogP contribution is -2.56. The molecule has 21 atom stereocenters. The Morgan fingerprint density at radius 3 is 1.68 bits per heavy atom. The van der Waals surface area contributed by atoms with E-state index < -0.39 is 152 Å². The quantitative estimate of drug-likeness (QED) is 0.121. The zero-order valence-corrected chi connectivity index (χ0v) is 37.8. The molecule has 0 aromatic heterocycles. The molecular weight excluding hydrogens is 876 g/mol. The Morgan fingerprint density at radius 1 is 0.697 bits per heavy atom. The Hall–Kier alpha value is -3.20. The molecule has 21 heteroatoms. The Labute approximate surface area is 380 Å². The fourth-order valence-electron chi connectivity index (χ4n) is 9.62. The number of phenols is 2. The van der Waals surface area contributed by atoms with E-state index in [-0.39, 0.29) is 65.3 Å². The number of carbonyl (C=O) groups excluding carboxylic acids is 2. The molecule has 21 nitrogen and oxygen atoms in total. The van der Waals surface area contributed by atoms with Crippen molar-refractivity contribution in [3.8, 4) is 17.2 Å². The number of hydrogen-bond acceptors (Lipinski definition) is 21. The molecule has 0 radical (unpaired) electrons. The first-order valence-electron chi connectivity index (χ1n) is 22.4. The number of aliphatic hydroxyl groups is 8. The van der Waals surface area contributed by atoms with Crippen LogP contribution in [0.3, 0.4) is 0 Å². The Kier molecular flexibility index (Phi) is 15.7. The van der Waals surface area contributed by atoms with E-state index >= 15 is 0 Å². The molecule has 1 aliphatic carbocycles. The van der Waals surface area contributed by atoms with E-state index in [9.17, 15) is 60.7 Å². The number of carbonyl (C=O) groups is 2. The molecule has 66 heavy (non-hydrogen) atoms. The third-order valence-corrected chi connectivity index (χ3v) is 13.5. The van der Waals surface area contributed by atoms with Crippen LogP contribution in [0.4, 0.5) is 0 Å². The van der Waals surface area contributed by atoms with Gasteiger partial charge >= 0.3 is 0 Å². The number of rotatable bonds is 13. The molecule has 0 saturated carbocycles. The fourth-order valence-corrected chi connectivity index (χ4v) is 9.62. The molecule has 0 bridgehead atoms. The number of ether oxygens (including phenoxy) is 9. The second kappa shape index (κ2) is 20.4. The summed E-state index contributed by atoms with van der Waals surface area (Å²) in [5.74, 6) is -3.95. The lowest BCUT2D eigenvalue weighted by Gasteiger charge is -2.43. The Bertz CT molecular complexity index is 2030. The molecule has 2 aromatic carbocycles. The van der Waals surface area contributed by atoms with E-state index in [1.807, 2.05) is 0 Å². The number of fused-ring (bicyclic) bond motifs is 2. The van der Waals surface area contributed by atoms with E-state index in [2.05, 4.69) is 0 Å². The molecule has 7 rings (SSSR count). The van der Waals surface area contributed by atoms with Crippen molar-refractivity contribution in [2.45, 2.75) is 196 Å². The predicted molar refractivity (Wildman–Crippen MR) is 224 cm³/mol. The minimum absolute atomic E-state index is 0.0233. The number of phenolic OH excluding ortho intramolecular Hbond substituents is 2. The van der Waals surface area contributed by atoms with Crippen LogP contribution < -0.4 is 4.74 Å². The molecular formula is C45H64O21. The highest BCUT2D eigenvalue weighted by atomic mass is 16.7. The number of aliphatic hydroxyl groups excluding tert-OH is 8. The topological polar surface area (TPSA) is 320 Å². The first-order chi connectivity index (χ1) is 31.1. The summed E-state index contributed by atoms with van der Waals surface area (Å²) in [6.07, 6.45) is -23.5. The van der Waals surface area contributed by atoms with Crippen LogP contribution in [-0.4, -0.2) is 193 Å². The maximum atomic E-state index is 14.8. The molecule has 5 aliphatic rings. The summed E-state index contributed by atoms with van der Waals surface area (Å²) in [6.45, 7) is 9.02. The zero-order chi connectivity index (χ0) is 48.2. The molecule has 0 unspecified atom stereocenters. The van der Waals surface area contributed by atoms with Crippen molar-refractivity contribution in [3.63, 3.8) is 0 Å². The van der Waals surface area contributed by atoms with Crippen LogP contribution in [0.25, 0.3) is 10.8 Å². The van der Waals surface area contributed by atoms with Crippen molar-refractivity contribution in [2.24, 2.45) is 5.92 Å². The highest BCUT2D eigenvalue weighted by Gasteiger charge is 2.50. The van der Waals surface area contributed by atoms with Gasteiger partial charge in [0, 0.05) is 44.3 Å². The van der Waals surface area contributed by atoms with Crippen molar-refractivity contribution in [1.29, 1.82) is 0 Å². The van der Waals surface area contributed by atoms with E-state index in [1.54, 1.807) is 27.7 Å². The standard InChI is InChI=1S/C45H64O21/c1-15-26(63-31-13-27(39(53)19(5)61-31)64-29-11-24(47)37(51)17(3)59-29)10-22-8-21-9-23(44(58-7)43(57)36(50)16(2)46)45(42(56)34(21)41(55)33(22)35(15)49)66-32-14-28(40(54)20(6)62-32)65-30-12-25(48)38(52)18(4)60-30/h8,10,16-20,23-25,27-32,36-40,44-55H,9,11-14H2,1-7H3/t16-,17-,18-,19-,20-,23+,24-,25+,27-,28-,29+,30+,31+,32+,36+,37-,38+,39-,40-,44+,45+/m1/s1. The summed E-state index contributed by atoms with van der Waals surface area (Å²) in [4.78, 5) is 28.5. The van der Waals surface area contributed by atoms with Crippen molar-refractivity contribution in [2.75, 3.05) is 7.11 Å². The summed E-state index contributed by atoms with van der Waals surface area (Å²) >= 11 is 0. The summed E-state index contributed by atoms with van der Waals surface area (Å²) in [6, 6.07) is 3.04. The molecule has 2 aromatic rings. The molecule has 4 saturated heterocycles. The van der Waals surface area contributed by atoms with Crippen LogP contribution >= 0.6 is 0 Å². The van der Waals surface area contributed by atoms with E-state index in [0.717, 1.165) is 0 Å². The van der Waals surface area contributed by atoms with Gasteiger partial charge in [-0.25, -0.2) is 0 Å². The molecule has 4 heterocycles. The van der Waals surface area contributed by atoms with Crippen molar-refractivity contribution in [3.05, 3.63) is 28.8 Å². The number of ketones is 2. The Balaban J connectivity index is 1.18. The maximum Gasteiger partial charge on any atom is 0.202 e. The van der Waals surface area contributed by atoms with Gasteiger partial charge in [-0.2, -0.15) is 0 Å². The molecule has 4 fully saturated rings. The van der Waals surface area contributed by atoms with Crippen LogP contribution in [0.15, 0.2) is 12.1 Å². The largest absolute Gasteiger partial charge is 0.507 e. The van der Waals surface area contributed by atoms with Crippen molar-refractivity contribution >= 4 is 22.3 Å². The van der Waals surface area contributed by atoms with Gasteiger partial charge in [0.1, 0.15) is 60.0 Å². The van der Waals surface area contributed by atoms with Crippen LogP contribution in [0.5, 0.6) is 17.2 Å². The number of hydrogen-bond donors (Lipinski definition) is 10. The highest BCUT2D eigenvalue weighted by molar-refractivity contribution is 6.11. The van der Waals surface area contributed by atoms with E-state index in [4.69, 9.17) is 42.6 Å². The van der Waals surface area contributed by atoms with Crippen molar-refractivity contribution < 1.29 is 103 Å². The van der Waals surface area contributed by atoms with Gasteiger partial charge in [0.05, 0.1) is 65.9 Å². The molecule has 370 valence electrons. The van der Waals surface area contributed by atoms with Crippen molar-refractivity contribution in [1.82, 2.24) is 0 Å². The number of benzene rings is 2. The van der Waals surface area contributed by atoms with Crippen LogP contribution in [0.1, 0.15) is 81.8 Å². The molecule has 0 amide bonds. The highest BCUT2D eigenvalue weighted by Crippen LogP contribution is 2.47. The van der Waals surface area contributed by atoms with Gasteiger partial charge < -0.3 is 93.7 Å². The molecule has 0 spiro atoms. The van der Waals surface area contributed by atoms with Crippen LogP contribution in [0, 0.1) is 12.8 Å².